The molecule has 0 bridgehead atoms. The first kappa shape index (κ1) is 19.4. The number of halogens is 1. The number of ether oxygens (including phenoxy) is 1. The fourth-order valence-corrected chi connectivity index (χ4v) is 1.74. The van der Waals surface area contributed by atoms with E-state index in [1.165, 1.54) is 0 Å². The van der Waals surface area contributed by atoms with Gasteiger partial charge in [-0.25, -0.2) is 0 Å². The highest BCUT2D eigenvalue weighted by molar-refractivity contribution is 5.94. The summed E-state index contributed by atoms with van der Waals surface area (Å²) in [4.78, 5) is 23.2. The maximum atomic E-state index is 11.9. The molecule has 5 nitrogen and oxygen atoms in total. The Morgan fingerprint density at radius 3 is 2.43 bits per heavy atom. The van der Waals surface area contributed by atoms with E-state index in [1.807, 2.05) is 19.1 Å². The molecule has 0 aliphatic carbocycles. The molecule has 0 aromatic heterocycles. The van der Waals surface area contributed by atoms with Gasteiger partial charge in [-0.05, 0) is 30.5 Å². The molecule has 1 atom stereocenters. The minimum Gasteiger partial charge on any atom is -0.466 e. The van der Waals surface area contributed by atoms with Gasteiger partial charge in [0.05, 0.1) is 6.61 Å². The monoisotopic (exact) mass is 314 g/mol. The van der Waals surface area contributed by atoms with E-state index in [0.29, 0.717) is 31.7 Å². The highest BCUT2D eigenvalue weighted by Gasteiger charge is 2.12. The second-order valence-electron chi connectivity index (χ2n) is 4.73. The van der Waals surface area contributed by atoms with Crippen molar-refractivity contribution in [2.45, 2.75) is 26.8 Å². The van der Waals surface area contributed by atoms with Gasteiger partial charge in [-0.2, -0.15) is 0 Å². The molecule has 1 aromatic rings. The molecule has 0 aliphatic rings. The molecule has 3 N–H and O–H groups in total. The first-order chi connectivity index (χ1) is 9.56. The summed E-state index contributed by atoms with van der Waals surface area (Å²) in [5.41, 5.74) is 7.07. The first-order valence-electron chi connectivity index (χ1n) is 6.79. The van der Waals surface area contributed by atoms with Crippen molar-refractivity contribution in [3.63, 3.8) is 0 Å². The summed E-state index contributed by atoms with van der Waals surface area (Å²) in [6.45, 7) is 4.95. The Morgan fingerprint density at radius 2 is 1.90 bits per heavy atom. The molecule has 1 aromatic carbocycles. The summed E-state index contributed by atoms with van der Waals surface area (Å²) >= 11 is 0. The third-order valence-electron chi connectivity index (χ3n) is 2.88. The van der Waals surface area contributed by atoms with Crippen molar-refractivity contribution in [1.82, 2.24) is 5.32 Å². The lowest BCUT2D eigenvalue weighted by Gasteiger charge is -2.12. The van der Waals surface area contributed by atoms with E-state index >= 15 is 0 Å². The van der Waals surface area contributed by atoms with Gasteiger partial charge in [-0.3, -0.25) is 9.59 Å². The molecule has 0 saturated carbocycles. The summed E-state index contributed by atoms with van der Waals surface area (Å²) in [5.74, 6) is -0.341. The average molecular weight is 315 g/mol. The van der Waals surface area contributed by atoms with Gasteiger partial charge in [0.25, 0.3) is 5.91 Å². The molecular formula is C15H23ClN2O3. The summed E-state index contributed by atoms with van der Waals surface area (Å²) in [6, 6.07) is 7.15. The maximum Gasteiger partial charge on any atom is 0.306 e. The van der Waals surface area contributed by atoms with Crippen molar-refractivity contribution >= 4 is 24.3 Å². The molecule has 1 unspecified atom stereocenters. The van der Waals surface area contributed by atoms with Gasteiger partial charge in [-0.15, -0.1) is 12.4 Å². The van der Waals surface area contributed by atoms with Crippen LogP contribution in [0.4, 0.5) is 0 Å². The van der Waals surface area contributed by atoms with E-state index in [0.717, 1.165) is 5.56 Å². The van der Waals surface area contributed by atoms with Crippen LogP contribution in [0, 0.1) is 5.92 Å². The van der Waals surface area contributed by atoms with Crippen molar-refractivity contribution < 1.29 is 14.3 Å². The van der Waals surface area contributed by atoms with Gasteiger partial charge >= 0.3 is 5.97 Å². The molecule has 6 heteroatoms. The lowest BCUT2D eigenvalue weighted by molar-refractivity contribution is -0.144. The summed E-state index contributed by atoms with van der Waals surface area (Å²) in [7, 11) is 0. The number of hydrogen-bond donors (Lipinski definition) is 2. The third kappa shape index (κ3) is 7.11. The van der Waals surface area contributed by atoms with Crippen LogP contribution in [-0.2, 0) is 16.1 Å². The Kier molecular flexibility index (Phi) is 9.41. The van der Waals surface area contributed by atoms with Crippen LogP contribution >= 0.6 is 12.4 Å². The summed E-state index contributed by atoms with van der Waals surface area (Å²) < 4.78 is 4.87. The Morgan fingerprint density at radius 1 is 1.29 bits per heavy atom. The molecule has 0 radical (unpaired) electrons. The lowest BCUT2D eigenvalue weighted by atomic mass is 10.1. The van der Waals surface area contributed by atoms with E-state index in [1.54, 1.807) is 19.1 Å². The van der Waals surface area contributed by atoms with Crippen LogP contribution < -0.4 is 11.1 Å². The number of esters is 1. The van der Waals surface area contributed by atoms with Crippen LogP contribution in [-0.4, -0.2) is 25.0 Å². The fourth-order valence-electron chi connectivity index (χ4n) is 1.74. The maximum absolute atomic E-state index is 11.9. The summed E-state index contributed by atoms with van der Waals surface area (Å²) in [5, 5.41) is 2.81. The predicted octanol–water partition coefficient (Wildman–Crippen LogP) is 1.89. The Hall–Kier alpha value is -1.59. The average Bonchev–Trinajstić information content (AvgIpc) is 2.45. The highest BCUT2D eigenvalue weighted by atomic mass is 35.5. The van der Waals surface area contributed by atoms with Gasteiger partial charge in [0.2, 0.25) is 0 Å². The van der Waals surface area contributed by atoms with Crippen molar-refractivity contribution in [2.75, 3.05) is 13.2 Å². The highest BCUT2D eigenvalue weighted by Crippen LogP contribution is 2.05. The zero-order valence-corrected chi connectivity index (χ0v) is 13.2. The lowest BCUT2D eigenvalue weighted by Crippen LogP contribution is -2.29. The van der Waals surface area contributed by atoms with Crippen LogP contribution in [0.5, 0.6) is 0 Å². The smallest absolute Gasteiger partial charge is 0.306 e. The predicted molar refractivity (Wildman–Crippen MR) is 84.3 cm³/mol. The van der Waals surface area contributed by atoms with E-state index in [4.69, 9.17) is 10.5 Å². The van der Waals surface area contributed by atoms with Crippen LogP contribution in [0.3, 0.4) is 0 Å². The zero-order chi connectivity index (χ0) is 15.0. The van der Waals surface area contributed by atoms with Crippen LogP contribution in [0.1, 0.15) is 36.2 Å². The topological polar surface area (TPSA) is 81.4 Å². The molecule has 0 fully saturated rings. The number of nitrogens with two attached hydrogens (primary N) is 1. The molecule has 0 aliphatic heterocycles. The number of rotatable bonds is 7. The number of carbonyl (C=O) groups is 2. The quantitative estimate of drug-likeness (QED) is 0.753. The Balaban J connectivity index is 0.00000400. The number of benzene rings is 1. The van der Waals surface area contributed by atoms with E-state index in [-0.39, 0.29) is 30.2 Å². The molecule has 1 rings (SSSR count). The van der Waals surface area contributed by atoms with Crippen LogP contribution in [0.25, 0.3) is 0 Å². The molecule has 0 heterocycles. The van der Waals surface area contributed by atoms with Crippen molar-refractivity contribution in [3.05, 3.63) is 35.4 Å². The van der Waals surface area contributed by atoms with Gasteiger partial charge in [0.1, 0.15) is 0 Å². The minimum absolute atomic E-state index is 0. The van der Waals surface area contributed by atoms with Gasteiger partial charge in [0.15, 0.2) is 0 Å². The minimum atomic E-state index is -0.235. The standard InChI is InChI=1S/C15H22N2O3.ClH/c1-3-20-14(18)8-11(2)10-17-15(19)13-6-4-12(9-16)5-7-13;/h4-7,11H,3,8-10,16H2,1-2H3,(H,17,19);1H. The van der Waals surface area contributed by atoms with E-state index in [2.05, 4.69) is 5.32 Å². The molecule has 118 valence electrons. The number of carbonyl (C=O) groups excluding carboxylic acids is 2. The van der Waals surface area contributed by atoms with Gasteiger partial charge < -0.3 is 15.8 Å². The van der Waals surface area contributed by atoms with Crippen molar-refractivity contribution in [3.8, 4) is 0 Å². The van der Waals surface area contributed by atoms with Crippen molar-refractivity contribution in [1.29, 1.82) is 0 Å². The molecule has 0 spiro atoms. The number of amides is 1. The molecule has 0 saturated heterocycles. The number of nitrogens with one attached hydrogen (secondary N) is 1. The van der Waals surface area contributed by atoms with Gasteiger partial charge in [-0.1, -0.05) is 19.1 Å². The largest absolute Gasteiger partial charge is 0.466 e. The Bertz CT molecular complexity index is 449. The molecular weight excluding hydrogens is 292 g/mol. The zero-order valence-electron chi connectivity index (χ0n) is 12.4. The van der Waals surface area contributed by atoms with E-state index < -0.39 is 0 Å². The second-order valence-corrected chi connectivity index (χ2v) is 4.73. The molecule has 21 heavy (non-hydrogen) atoms. The first-order valence-corrected chi connectivity index (χ1v) is 6.79. The number of hydrogen-bond acceptors (Lipinski definition) is 4. The van der Waals surface area contributed by atoms with Crippen LogP contribution in [0.15, 0.2) is 24.3 Å². The Labute approximate surface area is 131 Å². The molecule has 1 amide bonds. The summed E-state index contributed by atoms with van der Waals surface area (Å²) in [6.07, 6.45) is 0.306. The van der Waals surface area contributed by atoms with Crippen LogP contribution in [0.2, 0.25) is 0 Å². The normalized spacial score (nSPS) is 11.2. The fraction of sp³-hybridized carbons (Fsp3) is 0.467. The second kappa shape index (κ2) is 10.2. The van der Waals surface area contributed by atoms with E-state index in [9.17, 15) is 9.59 Å². The van der Waals surface area contributed by atoms with Crippen molar-refractivity contribution in [2.24, 2.45) is 11.7 Å². The third-order valence-corrected chi connectivity index (χ3v) is 2.88. The van der Waals surface area contributed by atoms with Gasteiger partial charge in [0, 0.05) is 25.1 Å². The SMILES string of the molecule is CCOC(=O)CC(C)CNC(=O)c1ccc(CN)cc1.Cl.